The first-order valence-corrected chi connectivity index (χ1v) is 13.4. The van der Waals surface area contributed by atoms with E-state index in [1.54, 1.807) is 42.5 Å². The first-order chi connectivity index (χ1) is 19.7. The molecular weight excluding hydrogens is 554 g/mol. The number of aromatic amines is 1. The fourth-order valence-electron chi connectivity index (χ4n) is 4.59. The number of carbonyl (C=O) groups is 5. The summed E-state index contributed by atoms with van der Waals surface area (Å²) < 4.78 is 4.93. The number of pyridine rings is 2. The zero-order valence-corrected chi connectivity index (χ0v) is 22.3. The van der Waals surface area contributed by atoms with Crippen molar-refractivity contribution in [2.24, 2.45) is 0 Å². The van der Waals surface area contributed by atoms with Crippen molar-refractivity contribution < 1.29 is 33.8 Å². The number of aromatic nitrogens is 2. The second kappa shape index (κ2) is 11.3. The van der Waals surface area contributed by atoms with Crippen LogP contribution in [0.3, 0.4) is 0 Å². The molecule has 2 aliphatic rings. The lowest BCUT2D eigenvalue weighted by Gasteiger charge is -2.49. The number of ether oxygens (including phenoxy) is 1. The lowest BCUT2D eigenvalue weighted by molar-refractivity contribution is -0.151. The molecule has 4 heterocycles. The predicted molar refractivity (Wildman–Crippen MR) is 145 cm³/mol. The number of amides is 3. The van der Waals surface area contributed by atoms with E-state index >= 15 is 0 Å². The average Bonchev–Trinajstić information content (AvgIpc) is 2.97. The first-order valence-electron chi connectivity index (χ1n) is 12.3. The molecule has 4 N–H and O–H groups in total. The number of esters is 1. The van der Waals surface area contributed by atoms with Gasteiger partial charge < -0.3 is 25.5 Å². The molecule has 2 aliphatic heterocycles. The van der Waals surface area contributed by atoms with Gasteiger partial charge in [-0.15, -0.1) is 11.8 Å². The van der Waals surface area contributed by atoms with Gasteiger partial charge in [0.25, 0.3) is 11.8 Å². The van der Waals surface area contributed by atoms with E-state index in [2.05, 4.69) is 20.6 Å². The fourth-order valence-corrected chi connectivity index (χ4v) is 5.92. The quantitative estimate of drug-likeness (QED) is 0.219. The smallest absolute Gasteiger partial charge is 0.352 e. The minimum atomic E-state index is -1.36. The number of rotatable bonds is 8. The molecule has 41 heavy (non-hydrogen) atoms. The number of nitrogens with one attached hydrogen (secondary N) is 3. The van der Waals surface area contributed by atoms with Crippen LogP contribution in [0.15, 0.2) is 70.9 Å². The van der Waals surface area contributed by atoms with Crippen molar-refractivity contribution in [2.75, 3.05) is 12.4 Å². The highest BCUT2D eigenvalue weighted by Gasteiger charge is 2.54. The second-order valence-corrected chi connectivity index (χ2v) is 10.3. The highest BCUT2D eigenvalue weighted by Crippen LogP contribution is 2.40. The molecule has 1 saturated heterocycles. The topological polar surface area (TPSA) is 188 Å². The van der Waals surface area contributed by atoms with Crippen LogP contribution in [0.5, 0.6) is 0 Å². The van der Waals surface area contributed by atoms with E-state index < -0.39 is 52.5 Å². The van der Waals surface area contributed by atoms with Crippen molar-refractivity contribution in [2.45, 2.75) is 24.4 Å². The van der Waals surface area contributed by atoms with Crippen LogP contribution in [0.2, 0.25) is 0 Å². The van der Waals surface area contributed by atoms with Gasteiger partial charge in [0.1, 0.15) is 40.8 Å². The van der Waals surface area contributed by atoms with E-state index in [0.29, 0.717) is 11.1 Å². The number of thioether (sulfide) groups is 1. The van der Waals surface area contributed by atoms with Gasteiger partial charge in [0.2, 0.25) is 11.3 Å². The summed E-state index contributed by atoms with van der Waals surface area (Å²) >= 11 is 1.21. The molecule has 210 valence electrons. The van der Waals surface area contributed by atoms with Crippen molar-refractivity contribution in [3.05, 3.63) is 87.5 Å². The zero-order chi connectivity index (χ0) is 29.3. The van der Waals surface area contributed by atoms with Crippen LogP contribution >= 0.6 is 11.8 Å². The lowest BCUT2D eigenvalue weighted by Crippen LogP contribution is -2.71. The van der Waals surface area contributed by atoms with Gasteiger partial charge >= 0.3 is 11.9 Å². The maximum Gasteiger partial charge on any atom is 0.352 e. The van der Waals surface area contributed by atoms with Gasteiger partial charge in [-0.2, -0.15) is 0 Å². The molecule has 2 aromatic heterocycles. The maximum absolute atomic E-state index is 13.5. The van der Waals surface area contributed by atoms with E-state index in [9.17, 15) is 33.9 Å². The number of aliphatic carboxylic acids is 1. The number of hydrogen-bond acceptors (Lipinski definition) is 9. The summed E-state index contributed by atoms with van der Waals surface area (Å²) in [4.78, 5) is 83.8. The van der Waals surface area contributed by atoms with Gasteiger partial charge in [-0.1, -0.05) is 30.3 Å². The van der Waals surface area contributed by atoms with E-state index in [4.69, 9.17) is 4.74 Å². The minimum Gasteiger partial charge on any atom is -0.477 e. The number of hydrogen-bond donors (Lipinski definition) is 4. The summed E-state index contributed by atoms with van der Waals surface area (Å²) in [6, 6.07) is 9.17. The predicted octanol–water partition coefficient (Wildman–Crippen LogP) is 0.696. The summed E-state index contributed by atoms with van der Waals surface area (Å²) in [5.41, 5.74) is -0.0104. The number of H-pyrrole nitrogens is 1. The van der Waals surface area contributed by atoms with E-state index in [1.807, 2.05) is 0 Å². The van der Waals surface area contributed by atoms with Crippen LogP contribution in [0.4, 0.5) is 0 Å². The Morgan fingerprint density at radius 3 is 2.63 bits per heavy atom. The molecule has 3 amide bonds. The third-order valence-corrected chi connectivity index (χ3v) is 7.89. The fraction of sp³-hybridized carbons (Fsp3) is 0.222. The Labute approximate surface area is 236 Å². The van der Waals surface area contributed by atoms with E-state index in [0.717, 1.165) is 4.90 Å². The minimum absolute atomic E-state index is 0.0608. The normalized spacial score (nSPS) is 18.7. The molecule has 14 heteroatoms. The first kappa shape index (κ1) is 27.6. The monoisotopic (exact) mass is 577 g/mol. The average molecular weight is 578 g/mol. The molecule has 1 aromatic carbocycles. The summed E-state index contributed by atoms with van der Waals surface area (Å²) in [7, 11) is 0. The molecule has 0 radical (unpaired) electrons. The van der Waals surface area contributed by atoms with Gasteiger partial charge in [0, 0.05) is 30.6 Å². The Balaban J connectivity index is 1.37. The number of carboxylic acids is 1. The number of benzene rings is 1. The largest absolute Gasteiger partial charge is 0.477 e. The third-order valence-electron chi connectivity index (χ3n) is 6.55. The summed E-state index contributed by atoms with van der Waals surface area (Å²) in [6.45, 7) is 0.915. The number of nitrogens with zero attached hydrogens (tertiary/aromatic N) is 2. The Kier molecular flexibility index (Phi) is 7.57. The molecular formula is C27H23N5O8S. The molecule has 13 nitrogen and oxygen atoms in total. The Bertz CT molecular complexity index is 1670. The summed E-state index contributed by atoms with van der Waals surface area (Å²) in [6.07, 6.45) is 2.66. The van der Waals surface area contributed by atoms with Crippen molar-refractivity contribution in [3.8, 4) is 0 Å². The Morgan fingerprint density at radius 2 is 1.93 bits per heavy atom. The second-order valence-electron chi connectivity index (χ2n) is 9.18. The standard InChI is InChI=1S/C27H23N5O8S/c1-13(33)40-11-15-12-41-26-20(25(37)32(26)21(15)27(38)39)31-24(36)18(14-6-3-2-4-7-14)30-23(35)16-10-29-17-8-5-9-28-19(17)22(16)34/h2-10,18,20,26H,11-12H2,1H3,(H,29,34)(H,30,35)(H,31,36)(H,38,39)/t18?,20?,26-/m1/s1. The van der Waals surface area contributed by atoms with Crippen LogP contribution in [0.25, 0.3) is 11.0 Å². The number of carbonyl (C=O) groups excluding carboxylic acids is 4. The summed E-state index contributed by atoms with van der Waals surface area (Å²) in [5.74, 6) is -4.02. The Hall–Kier alpha value is -4.98. The molecule has 0 saturated carbocycles. The number of β-lactam (4-membered cyclic amide) rings is 1. The molecule has 1 fully saturated rings. The molecule has 0 aliphatic carbocycles. The maximum atomic E-state index is 13.5. The highest BCUT2D eigenvalue weighted by atomic mass is 32.2. The van der Waals surface area contributed by atoms with Gasteiger partial charge in [0.05, 0.1) is 5.52 Å². The highest BCUT2D eigenvalue weighted by molar-refractivity contribution is 8.00. The molecule has 2 unspecified atom stereocenters. The van der Waals surface area contributed by atoms with Gasteiger partial charge in [-0.25, -0.2) is 4.79 Å². The number of carboxylic acid groups (broad SMARTS) is 1. The lowest BCUT2D eigenvalue weighted by atomic mass is 10.0. The zero-order valence-electron chi connectivity index (χ0n) is 21.5. The molecule has 3 atom stereocenters. The van der Waals surface area contributed by atoms with E-state index in [-0.39, 0.29) is 34.7 Å². The van der Waals surface area contributed by atoms with Crippen LogP contribution in [-0.4, -0.2) is 73.4 Å². The van der Waals surface area contributed by atoms with Crippen LogP contribution < -0.4 is 16.1 Å². The van der Waals surface area contributed by atoms with E-state index in [1.165, 1.54) is 31.1 Å². The molecule has 0 bridgehead atoms. The Morgan fingerprint density at radius 1 is 1.17 bits per heavy atom. The summed E-state index contributed by atoms with van der Waals surface area (Å²) in [5, 5.41) is 14.2. The van der Waals surface area contributed by atoms with Crippen molar-refractivity contribution in [1.82, 2.24) is 25.5 Å². The third kappa shape index (κ3) is 5.28. The molecule has 5 rings (SSSR count). The van der Waals surface area contributed by atoms with Gasteiger partial charge in [-0.05, 0) is 17.7 Å². The van der Waals surface area contributed by atoms with Gasteiger partial charge in [0.15, 0.2) is 0 Å². The van der Waals surface area contributed by atoms with Crippen LogP contribution in [0, 0.1) is 0 Å². The van der Waals surface area contributed by atoms with Crippen LogP contribution in [0.1, 0.15) is 28.9 Å². The van der Waals surface area contributed by atoms with Crippen molar-refractivity contribution in [1.29, 1.82) is 0 Å². The number of fused-ring (bicyclic) bond motifs is 2. The van der Waals surface area contributed by atoms with Crippen LogP contribution in [-0.2, 0) is 23.9 Å². The van der Waals surface area contributed by atoms with Crippen molar-refractivity contribution >= 4 is 52.5 Å². The van der Waals surface area contributed by atoms with Crippen molar-refractivity contribution in [3.63, 3.8) is 0 Å². The molecule has 0 spiro atoms. The van der Waals surface area contributed by atoms with Gasteiger partial charge in [-0.3, -0.25) is 33.9 Å². The molecule has 3 aromatic rings. The SMILES string of the molecule is CC(=O)OCC1=C(C(=O)O)N2C(=O)C(NC(=O)C(NC(=O)c3c[nH]c4cccnc4c3=O)c3ccccc3)[C@H]2SC1.